The lowest BCUT2D eigenvalue weighted by Crippen LogP contribution is -2.79. The molecule has 1 aromatic heterocycles. The van der Waals surface area contributed by atoms with E-state index in [2.05, 4.69) is 22.0 Å². The van der Waals surface area contributed by atoms with Gasteiger partial charge in [-0.3, -0.25) is 9.69 Å². The molecule has 6 atom stereocenters. The molecule has 1 saturated heterocycles. The van der Waals surface area contributed by atoms with Crippen molar-refractivity contribution in [2.45, 2.75) is 60.9 Å². The van der Waals surface area contributed by atoms with E-state index in [1.54, 1.807) is 41.5 Å². The number of nitriles is 1. The van der Waals surface area contributed by atoms with Crippen LogP contribution in [-0.2, 0) is 16.6 Å². The van der Waals surface area contributed by atoms with Gasteiger partial charge in [0.15, 0.2) is 11.5 Å². The van der Waals surface area contributed by atoms with E-state index in [1.165, 1.54) is 0 Å². The molecule has 2 N–H and O–H groups in total. The average molecular weight is 556 g/mol. The summed E-state index contributed by atoms with van der Waals surface area (Å²) in [6.07, 6.45) is 4.83. The molecule has 35 heavy (non-hydrogen) atoms. The first kappa shape index (κ1) is 23.0. The number of benzene rings is 1. The molecule has 3 unspecified atom stereocenters. The number of hydrogen-bond acceptors (Lipinski definition) is 7. The zero-order chi connectivity index (χ0) is 24.7. The Morgan fingerprint density at radius 2 is 2.26 bits per heavy atom. The number of phenols is 1. The number of thiophene rings is 1. The number of piperidine rings is 1. The lowest BCUT2D eigenvalue weighted by molar-refractivity contribution is -0.202. The van der Waals surface area contributed by atoms with Crippen LogP contribution < -0.4 is 4.74 Å². The van der Waals surface area contributed by atoms with Crippen LogP contribution in [0.4, 0.5) is 0 Å². The van der Waals surface area contributed by atoms with Crippen LogP contribution in [0.1, 0.15) is 35.3 Å². The van der Waals surface area contributed by atoms with Crippen molar-refractivity contribution in [3.8, 4) is 17.6 Å². The highest BCUT2D eigenvalue weighted by Gasteiger charge is 2.74. The minimum Gasteiger partial charge on any atom is -0.504 e. The molecule has 9 heteroatoms. The first-order valence-corrected chi connectivity index (χ1v) is 13.4. The zero-order valence-corrected chi connectivity index (χ0v) is 21.8. The van der Waals surface area contributed by atoms with Crippen molar-refractivity contribution in [1.82, 2.24) is 9.80 Å². The summed E-state index contributed by atoms with van der Waals surface area (Å²) in [4.78, 5) is 17.9. The van der Waals surface area contributed by atoms with E-state index >= 15 is 0 Å². The third-order valence-corrected chi connectivity index (χ3v) is 10.4. The van der Waals surface area contributed by atoms with Gasteiger partial charge in [-0.15, -0.1) is 11.3 Å². The summed E-state index contributed by atoms with van der Waals surface area (Å²) in [7, 11) is 3.68. The minimum absolute atomic E-state index is 0.0386. The SMILES string of the molecule is CN(C(=O)/C=C/c1cc(Br)cs1)C1CC[C@@]2(O)[C@H]3Cc4ccc(O)c5c4[C@@]2(CC(C#N)N3C)C1O5. The second kappa shape index (κ2) is 7.81. The molecule has 182 valence electrons. The maximum absolute atomic E-state index is 13.2. The van der Waals surface area contributed by atoms with Crippen molar-refractivity contribution in [1.29, 1.82) is 5.26 Å². The van der Waals surface area contributed by atoms with Crippen LogP contribution in [0.15, 0.2) is 34.1 Å². The summed E-state index contributed by atoms with van der Waals surface area (Å²) in [6.45, 7) is 0. The number of aromatic hydroxyl groups is 1. The molecule has 2 aromatic rings. The molecule has 3 heterocycles. The van der Waals surface area contributed by atoms with E-state index in [0.717, 1.165) is 20.5 Å². The third kappa shape index (κ3) is 2.97. The Morgan fingerprint density at radius 1 is 1.46 bits per heavy atom. The van der Waals surface area contributed by atoms with E-state index in [-0.39, 0.29) is 23.7 Å². The Balaban J connectivity index is 1.43. The maximum Gasteiger partial charge on any atom is 0.246 e. The molecule has 2 aliphatic heterocycles. The number of ether oxygens (including phenoxy) is 1. The molecule has 1 amide bonds. The fourth-order valence-corrected chi connectivity index (χ4v) is 8.48. The molecule has 7 nitrogen and oxygen atoms in total. The summed E-state index contributed by atoms with van der Waals surface area (Å²) in [5.41, 5.74) is -0.118. The second-order valence-corrected chi connectivity index (χ2v) is 12.0. The van der Waals surface area contributed by atoms with Gasteiger partial charge in [0, 0.05) is 39.5 Å². The van der Waals surface area contributed by atoms with Crippen LogP contribution in [0, 0.1) is 11.3 Å². The number of nitrogens with zero attached hydrogens (tertiary/aromatic N) is 3. The van der Waals surface area contributed by atoms with Crippen LogP contribution in [-0.4, -0.2) is 69.8 Å². The van der Waals surface area contributed by atoms with Crippen molar-refractivity contribution in [3.63, 3.8) is 0 Å². The molecular formula is C26H26BrN3O4S. The van der Waals surface area contributed by atoms with Crippen molar-refractivity contribution in [2.24, 2.45) is 0 Å². The quantitative estimate of drug-likeness (QED) is 0.563. The number of likely N-dealkylation sites (tertiary alicyclic amines) is 1. The van der Waals surface area contributed by atoms with Crippen LogP contribution in [0.5, 0.6) is 11.5 Å². The lowest BCUT2D eigenvalue weighted by Gasteiger charge is -2.65. The fraction of sp³-hybridized carbons (Fsp3) is 0.462. The Morgan fingerprint density at radius 3 is 2.97 bits per heavy atom. The first-order chi connectivity index (χ1) is 16.7. The number of aliphatic hydroxyl groups is 1. The lowest BCUT2D eigenvalue weighted by atomic mass is 9.47. The predicted molar refractivity (Wildman–Crippen MR) is 135 cm³/mol. The van der Waals surface area contributed by atoms with E-state index in [1.807, 2.05) is 29.5 Å². The van der Waals surface area contributed by atoms with Gasteiger partial charge in [-0.05, 0) is 72.4 Å². The monoisotopic (exact) mass is 555 g/mol. The highest BCUT2D eigenvalue weighted by Crippen LogP contribution is 2.66. The molecule has 1 spiro atoms. The summed E-state index contributed by atoms with van der Waals surface area (Å²) in [5.74, 6) is 0.288. The predicted octanol–water partition coefficient (Wildman–Crippen LogP) is 3.43. The number of hydrogen-bond donors (Lipinski definition) is 2. The summed E-state index contributed by atoms with van der Waals surface area (Å²) >= 11 is 4.98. The average Bonchev–Trinajstić information content (AvgIpc) is 3.41. The van der Waals surface area contributed by atoms with Gasteiger partial charge in [-0.2, -0.15) is 5.26 Å². The Hall–Kier alpha value is -2.38. The number of carbonyl (C=O) groups excluding carboxylic acids is 1. The summed E-state index contributed by atoms with van der Waals surface area (Å²) < 4.78 is 7.47. The standard InChI is InChI=1S/C26H26BrN3O4S/c1-29-16(12-28)11-25-22-14-3-5-19(31)23(22)34-24(25)18(7-8-26(25,33)20(29)9-14)30(2)21(32)6-4-17-10-15(27)13-35-17/h3-6,10,13,16,18,20,24,31,33H,7-9,11H2,1-2H3/b6-4+/t16?,18?,20-,24?,25+,26-/m1/s1. The maximum atomic E-state index is 13.2. The zero-order valence-electron chi connectivity index (χ0n) is 19.4. The van der Waals surface area contributed by atoms with E-state index in [0.29, 0.717) is 31.4 Å². The minimum atomic E-state index is -1.12. The number of carbonyl (C=O) groups is 1. The number of phenolic OH excluding ortho intramolecular Hbond substituents is 1. The Kier molecular flexibility index (Phi) is 5.14. The molecule has 2 fully saturated rings. The van der Waals surface area contributed by atoms with Crippen molar-refractivity contribution >= 4 is 39.2 Å². The van der Waals surface area contributed by atoms with Gasteiger partial charge < -0.3 is 19.8 Å². The number of amides is 1. The van der Waals surface area contributed by atoms with Crippen LogP contribution in [0.3, 0.4) is 0 Å². The Labute approximate surface area is 216 Å². The number of halogens is 1. The van der Waals surface area contributed by atoms with Gasteiger partial charge in [-0.1, -0.05) is 6.07 Å². The summed E-state index contributed by atoms with van der Waals surface area (Å²) in [5, 5.41) is 35.0. The van der Waals surface area contributed by atoms with Crippen molar-refractivity contribution in [2.75, 3.05) is 14.1 Å². The first-order valence-electron chi connectivity index (χ1n) is 11.8. The normalized spacial score (nSPS) is 34.8. The molecular weight excluding hydrogens is 530 g/mol. The molecule has 2 aliphatic carbocycles. The molecule has 0 radical (unpaired) electrons. The van der Waals surface area contributed by atoms with Gasteiger partial charge in [0.1, 0.15) is 6.10 Å². The topological polar surface area (TPSA) is 97.0 Å². The van der Waals surface area contributed by atoms with Gasteiger partial charge in [0.25, 0.3) is 0 Å². The van der Waals surface area contributed by atoms with Gasteiger partial charge in [0.2, 0.25) is 5.91 Å². The number of likely N-dealkylation sites (N-methyl/N-ethyl adjacent to an activating group) is 2. The Bertz CT molecular complexity index is 1300. The van der Waals surface area contributed by atoms with Crippen LogP contribution in [0.2, 0.25) is 0 Å². The smallest absolute Gasteiger partial charge is 0.246 e. The highest BCUT2D eigenvalue weighted by atomic mass is 79.9. The van der Waals surface area contributed by atoms with Crippen LogP contribution >= 0.6 is 27.3 Å². The second-order valence-electron chi connectivity index (χ2n) is 10.2. The molecule has 4 aliphatic rings. The van der Waals surface area contributed by atoms with E-state index in [9.17, 15) is 20.3 Å². The molecule has 1 aromatic carbocycles. The van der Waals surface area contributed by atoms with Gasteiger partial charge >= 0.3 is 0 Å². The van der Waals surface area contributed by atoms with Gasteiger partial charge in [0.05, 0.1) is 29.2 Å². The molecule has 6 rings (SSSR count). The largest absolute Gasteiger partial charge is 0.504 e. The number of rotatable bonds is 3. The van der Waals surface area contributed by atoms with E-state index in [4.69, 9.17) is 4.74 Å². The van der Waals surface area contributed by atoms with Crippen molar-refractivity contribution < 1.29 is 19.7 Å². The van der Waals surface area contributed by atoms with E-state index < -0.39 is 23.2 Å². The molecule has 2 bridgehead atoms. The van der Waals surface area contributed by atoms with Crippen LogP contribution in [0.25, 0.3) is 6.08 Å². The highest BCUT2D eigenvalue weighted by molar-refractivity contribution is 9.10. The van der Waals surface area contributed by atoms with Crippen molar-refractivity contribution in [3.05, 3.63) is 50.1 Å². The molecule has 1 saturated carbocycles. The fourth-order valence-electron chi connectivity index (χ4n) is 7.14. The third-order valence-electron chi connectivity index (χ3n) is 8.78. The summed E-state index contributed by atoms with van der Waals surface area (Å²) in [6, 6.07) is 6.99. The van der Waals surface area contributed by atoms with Gasteiger partial charge in [-0.25, -0.2) is 0 Å².